The summed E-state index contributed by atoms with van der Waals surface area (Å²) in [5, 5.41) is 10.6. The fourth-order valence-electron chi connectivity index (χ4n) is 0.310. The number of nitrogens with zero attached hydrogens (tertiary/aromatic N) is 1. The number of hydrogen-bond acceptors (Lipinski definition) is 3. The van der Waals surface area contributed by atoms with Crippen molar-refractivity contribution in [2.24, 2.45) is 4.99 Å². The van der Waals surface area contributed by atoms with Gasteiger partial charge in [0.1, 0.15) is 0 Å². The zero-order valence-electron chi connectivity index (χ0n) is 5.29. The maximum atomic E-state index is 10.4. The second kappa shape index (κ2) is 5.24. The molecule has 0 aliphatic carbocycles. The first kappa shape index (κ1) is 8.10. The van der Waals surface area contributed by atoms with Crippen molar-refractivity contribution in [2.45, 2.75) is 6.42 Å². The molecular weight excluding hydrogens is 120 g/mol. The van der Waals surface area contributed by atoms with Crippen LogP contribution < -0.4 is 5.32 Å². The summed E-state index contributed by atoms with van der Waals surface area (Å²) in [5.41, 5.74) is 0. The van der Waals surface area contributed by atoms with Crippen molar-refractivity contribution in [1.82, 2.24) is 5.32 Å². The molecule has 0 spiro atoms. The minimum Gasteiger partial charge on any atom is -0.396 e. The van der Waals surface area contributed by atoms with Crippen LogP contribution in [0.4, 0.5) is 0 Å². The van der Waals surface area contributed by atoms with Crippen LogP contribution in [-0.4, -0.2) is 31.0 Å². The molecule has 0 unspecified atom stereocenters. The summed E-state index contributed by atoms with van der Waals surface area (Å²) < 4.78 is 0. The quantitative estimate of drug-likeness (QED) is 0.386. The van der Waals surface area contributed by atoms with Gasteiger partial charge in [-0.05, 0) is 0 Å². The first-order valence-electron chi connectivity index (χ1n) is 2.62. The van der Waals surface area contributed by atoms with Crippen molar-refractivity contribution in [1.29, 1.82) is 0 Å². The van der Waals surface area contributed by atoms with E-state index in [-0.39, 0.29) is 18.9 Å². The molecule has 0 rings (SSSR count). The molecule has 0 aliphatic rings. The molecule has 0 aromatic carbocycles. The topological polar surface area (TPSA) is 61.7 Å². The normalized spacial score (nSPS) is 10.0. The highest BCUT2D eigenvalue weighted by atomic mass is 16.3. The molecule has 1 amide bonds. The van der Waals surface area contributed by atoms with Gasteiger partial charge in [0.05, 0.1) is 19.4 Å². The van der Waals surface area contributed by atoms with Crippen LogP contribution in [-0.2, 0) is 4.79 Å². The Morgan fingerprint density at radius 3 is 3.00 bits per heavy atom. The van der Waals surface area contributed by atoms with Crippen molar-refractivity contribution >= 4 is 12.2 Å². The maximum Gasteiger partial charge on any atom is 0.227 e. The number of aliphatic hydroxyl groups excluding tert-OH is 1. The van der Waals surface area contributed by atoms with E-state index < -0.39 is 0 Å². The molecule has 0 atom stereocenters. The minimum atomic E-state index is -0.219. The predicted octanol–water partition coefficient (Wildman–Crippen LogP) is -0.857. The third kappa shape index (κ3) is 4.96. The van der Waals surface area contributed by atoms with E-state index in [1.807, 2.05) is 0 Å². The Morgan fingerprint density at radius 1 is 1.89 bits per heavy atom. The first-order valence-corrected chi connectivity index (χ1v) is 2.62. The molecule has 4 nitrogen and oxygen atoms in total. The van der Waals surface area contributed by atoms with Crippen LogP contribution >= 0.6 is 0 Å². The standard InChI is InChI=1S/C5H10N2O2/c1-6-4-7-5(9)2-3-8/h4,8H,2-3H2,1H3,(H,6,7,9). The Bertz CT molecular complexity index is 112. The number of nitrogens with one attached hydrogen (secondary N) is 1. The van der Waals surface area contributed by atoms with E-state index >= 15 is 0 Å². The van der Waals surface area contributed by atoms with Gasteiger partial charge in [-0.1, -0.05) is 0 Å². The van der Waals surface area contributed by atoms with Crippen LogP contribution in [0.1, 0.15) is 6.42 Å². The van der Waals surface area contributed by atoms with Gasteiger partial charge in [0.2, 0.25) is 5.91 Å². The van der Waals surface area contributed by atoms with E-state index in [2.05, 4.69) is 10.3 Å². The van der Waals surface area contributed by atoms with E-state index in [1.165, 1.54) is 6.34 Å². The number of carbonyl (C=O) groups is 1. The highest BCUT2D eigenvalue weighted by molar-refractivity contribution is 5.87. The van der Waals surface area contributed by atoms with Crippen LogP contribution in [0.3, 0.4) is 0 Å². The molecule has 52 valence electrons. The summed E-state index contributed by atoms with van der Waals surface area (Å²) in [7, 11) is 1.55. The van der Waals surface area contributed by atoms with Gasteiger partial charge in [-0.15, -0.1) is 0 Å². The van der Waals surface area contributed by atoms with Crippen molar-refractivity contribution in [3.05, 3.63) is 0 Å². The van der Waals surface area contributed by atoms with Crippen LogP contribution in [0, 0.1) is 0 Å². The summed E-state index contributed by atoms with van der Waals surface area (Å²) in [5.74, 6) is -0.219. The third-order valence-corrected chi connectivity index (χ3v) is 0.694. The first-order chi connectivity index (χ1) is 4.31. The van der Waals surface area contributed by atoms with Crippen LogP contribution in [0.2, 0.25) is 0 Å². The van der Waals surface area contributed by atoms with E-state index in [4.69, 9.17) is 5.11 Å². The number of hydrogen-bond donors (Lipinski definition) is 2. The highest BCUT2D eigenvalue weighted by Crippen LogP contribution is 1.72. The zero-order valence-corrected chi connectivity index (χ0v) is 5.29. The summed E-state index contributed by atoms with van der Waals surface area (Å²) in [6, 6.07) is 0. The molecule has 2 N–H and O–H groups in total. The largest absolute Gasteiger partial charge is 0.396 e. The molecule has 0 heterocycles. The molecule has 0 saturated carbocycles. The monoisotopic (exact) mass is 130 g/mol. The van der Waals surface area contributed by atoms with Gasteiger partial charge < -0.3 is 10.4 Å². The van der Waals surface area contributed by atoms with Gasteiger partial charge in [0, 0.05) is 7.05 Å². The van der Waals surface area contributed by atoms with E-state index in [0.29, 0.717) is 0 Å². The molecule has 4 heteroatoms. The lowest BCUT2D eigenvalue weighted by Crippen LogP contribution is -2.21. The summed E-state index contributed by atoms with van der Waals surface area (Å²) in [4.78, 5) is 14.0. The molecule has 0 aliphatic heterocycles. The fraction of sp³-hybridized carbons (Fsp3) is 0.600. The Kier molecular flexibility index (Phi) is 4.72. The average molecular weight is 130 g/mol. The lowest BCUT2D eigenvalue weighted by Gasteiger charge is -1.92. The van der Waals surface area contributed by atoms with E-state index in [1.54, 1.807) is 7.05 Å². The van der Waals surface area contributed by atoms with Crippen LogP contribution in [0.5, 0.6) is 0 Å². The Labute approximate surface area is 53.6 Å². The van der Waals surface area contributed by atoms with E-state index in [0.717, 1.165) is 0 Å². The Hall–Kier alpha value is -0.900. The van der Waals surface area contributed by atoms with Gasteiger partial charge in [0.15, 0.2) is 0 Å². The number of carbonyl (C=O) groups excluding carboxylic acids is 1. The van der Waals surface area contributed by atoms with E-state index in [9.17, 15) is 4.79 Å². The molecular formula is C5H10N2O2. The SMILES string of the molecule is CN=CNC(=O)CCO. The van der Waals surface area contributed by atoms with Crippen molar-refractivity contribution < 1.29 is 9.90 Å². The van der Waals surface area contributed by atoms with Gasteiger partial charge in [-0.25, -0.2) is 0 Å². The Balaban J connectivity index is 3.27. The third-order valence-electron chi connectivity index (χ3n) is 0.694. The summed E-state index contributed by atoms with van der Waals surface area (Å²) >= 11 is 0. The number of amides is 1. The van der Waals surface area contributed by atoms with Crippen molar-refractivity contribution in [3.63, 3.8) is 0 Å². The lowest BCUT2D eigenvalue weighted by atomic mass is 10.4. The fourth-order valence-corrected chi connectivity index (χ4v) is 0.310. The molecule has 0 aromatic rings. The molecule has 0 bridgehead atoms. The second-order valence-electron chi connectivity index (χ2n) is 1.43. The van der Waals surface area contributed by atoms with Gasteiger partial charge in [0.25, 0.3) is 0 Å². The average Bonchev–Trinajstić information content (AvgIpc) is 1.85. The Morgan fingerprint density at radius 2 is 2.56 bits per heavy atom. The van der Waals surface area contributed by atoms with Crippen LogP contribution in [0.25, 0.3) is 0 Å². The molecule has 0 aromatic heterocycles. The highest BCUT2D eigenvalue weighted by Gasteiger charge is 1.93. The van der Waals surface area contributed by atoms with Crippen LogP contribution in [0.15, 0.2) is 4.99 Å². The number of aliphatic imine (C=N–C) groups is 1. The summed E-state index contributed by atoms with van der Waals surface area (Å²) in [6.45, 7) is -0.122. The maximum absolute atomic E-state index is 10.4. The van der Waals surface area contributed by atoms with Gasteiger partial charge >= 0.3 is 0 Å². The number of aliphatic hydroxyl groups is 1. The molecule has 0 radical (unpaired) electrons. The molecule has 0 fully saturated rings. The lowest BCUT2D eigenvalue weighted by molar-refractivity contribution is -0.120. The smallest absolute Gasteiger partial charge is 0.227 e. The van der Waals surface area contributed by atoms with Gasteiger partial charge in [-0.3, -0.25) is 9.79 Å². The zero-order chi connectivity index (χ0) is 7.11. The molecule has 9 heavy (non-hydrogen) atoms. The predicted molar refractivity (Wildman–Crippen MR) is 34.3 cm³/mol. The molecule has 0 saturated heterocycles. The number of rotatable bonds is 3. The van der Waals surface area contributed by atoms with Gasteiger partial charge in [-0.2, -0.15) is 0 Å². The second-order valence-corrected chi connectivity index (χ2v) is 1.43. The minimum absolute atomic E-state index is 0.122. The van der Waals surface area contributed by atoms with Crippen molar-refractivity contribution in [3.8, 4) is 0 Å². The summed E-state index contributed by atoms with van der Waals surface area (Å²) in [6.07, 6.45) is 1.42. The van der Waals surface area contributed by atoms with Crippen molar-refractivity contribution in [2.75, 3.05) is 13.7 Å².